The van der Waals surface area contributed by atoms with Crippen LogP contribution in [0.25, 0.3) is 0 Å². The Kier molecular flexibility index (Phi) is 3.85. The van der Waals surface area contributed by atoms with Crippen molar-refractivity contribution in [3.63, 3.8) is 0 Å². The van der Waals surface area contributed by atoms with Gasteiger partial charge in [0.2, 0.25) is 0 Å². The lowest BCUT2D eigenvalue weighted by Crippen LogP contribution is -2.07. The van der Waals surface area contributed by atoms with E-state index in [1.165, 1.54) is 0 Å². The predicted molar refractivity (Wildman–Crippen MR) is 68.1 cm³/mol. The van der Waals surface area contributed by atoms with Gasteiger partial charge in [-0.25, -0.2) is 0 Å². The van der Waals surface area contributed by atoms with Crippen molar-refractivity contribution in [3.05, 3.63) is 47.3 Å². The van der Waals surface area contributed by atoms with Crippen LogP contribution in [0.4, 0.5) is 0 Å². The summed E-state index contributed by atoms with van der Waals surface area (Å²) in [7, 11) is 0. The smallest absolute Gasteiger partial charge is 0.307 e. The molecule has 5 nitrogen and oxygen atoms in total. The van der Waals surface area contributed by atoms with E-state index in [2.05, 4.69) is 5.16 Å². The van der Waals surface area contributed by atoms with E-state index < -0.39 is 5.97 Å². The molecule has 1 atom stereocenters. The van der Waals surface area contributed by atoms with E-state index in [1.807, 2.05) is 13.8 Å². The summed E-state index contributed by atoms with van der Waals surface area (Å²) in [4.78, 5) is 10.8. The molecule has 0 spiro atoms. The van der Waals surface area contributed by atoms with E-state index in [1.54, 1.807) is 30.3 Å². The van der Waals surface area contributed by atoms with Crippen LogP contribution in [-0.4, -0.2) is 16.2 Å². The van der Waals surface area contributed by atoms with Crippen molar-refractivity contribution in [2.75, 3.05) is 0 Å². The molecular weight excluding hydrogens is 246 g/mol. The molecule has 0 fully saturated rings. The van der Waals surface area contributed by atoms with Gasteiger partial charge in [-0.1, -0.05) is 23.4 Å². The molecule has 0 amide bonds. The van der Waals surface area contributed by atoms with E-state index in [9.17, 15) is 4.79 Å². The molecular formula is C14H15NO4. The van der Waals surface area contributed by atoms with Crippen molar-refractivity contribution in [3.8, 4) is 5.75 Å². The normalized spacial score (nSPS) is 12.1. The van der Waals surface area contributed by atoms with Gasteiger partial charge in [-0.3, -0.25) is 4.79 Å². The molecule has 2 aromatic rings. The molecule has 0 aliphatic rings. The SMILES string of the molecule is Cc1cc(C(C)Oc2ccccc2CC(=O)O)on1. The molecule has 2 rings (SSSR count). The summed E-state index contributed by atoms with van der Waals surface area (Å²) in [5.41, 5.74) is 1.42. The highest BCUT2D eigenvalue weighted by molar-refractivity contribution is 5.71. The molecule has 1 aromatic carbocycles. The predicted octanol–water partition coefficient (Wildman–Crippen LogP) is 2.75. The van der Waals surface area contributed by atoms with Crippen LogP contribution in [0.1, 0.15) is 30.0 Å². The zero-order valence-corrected chi connectivity index (χ0v) is 10.8. The van der Waals surface area contributed by atoms with E-state index in [4.69, 9.17) is 14.4 Å². The molecule has 1 aromatic heterocycles. The van der Waals surface area contributed by atoms with E-state index in [-0.39, 0.29) is 12.5 Å². The monoisotopic (exact) mass is 261 g/mol. The van der Waals surface area contributed by atoms with Crippen LogP contribution in [0.15, 0.2) is 34.9 Å². The molecule has 1 N–H and O–H groups in total. The van der Waals surface area contributed by atoms with Gasteiger partial charge in [0, 0.05) is 11.6 Å². The Morgan fingerprint density at radius 2 is 2.21 bits per heavy atom. The number of carboxylic acids is 1. The minimum absolute atomic E-state index is 0.0711. The molecule has 1 heterocycles. The van der Waals surface area contributed by atoms with Crippen molar-refractivity contribution >= 4 is 5.97 Å². The molecule has 0 aliphatic carbocycles. The number of aryl methyl sites for hydroxylation is 1. The largest absolute Gasteiger partial charge is 0.482 e. The second-order valence-electron chi connectivity index (χ2n) is 4.31. The van der Waals surface area contributed by atoms with E-state index in [0.717, 1.165) is 5.69 Å². The first-order valence-electron chi connectivity index (χ1n) is 5.96. The second kappa shape index (κ2) is 5.56. The van der Waals surface area contributed by atoms with Gasteiger partial charge in [0.1, 0.15) is 5.75 Å². The molecule has 0 saturated carbocycles. The minimum atomic E-state index is -0.890. The summed E-state index contributed by atoms with van der Waals surface area (Å²) in [6.07, 6.45) is -0.394. The Hall–Kier alpha value is -2.30. The standard InChI is InChI=1S/C14H15NO4/c1-9-7-13(19-15-9)10(2)18-12-6-4-3-5-11(12)8-14(16)17/h3-7,10H,8H2,1-2H3,(H,16,17). The number of rotatable bonds is 5. The summed E-state index contributed by atoms with van der Waals surface area (Å²) in [6, 6.07) is 8.87. The number of hydrogen-bond acceptors (Lipinski definition) is 4. The maximum atomic E-state index is 10.8. The quantitative estimate of drug-likeness (QED) is 0.895. The van der Waals surface area contributed by atoms with Crippen molar-refractivity contribution in [2.24, 2.45) is 0 Å². The summed E-state index contributed by atoms with van der Waals surface area (Å²) >= 11 is 0. The summed E-state index contributed by atoms with van der Waals surface area (Å²) < 4.78 is 10.9. The summed E-state index contributed by atoms with van der Waals surface area (Å²) in [6.45, 7) is 3.66. The first-order valence-corrected chi connectivity index (χ1v) is 5.96. The molecule has 100 valence electrons. The lowest BCUT2D eigenvalue weighted by atomic mass is 10.1. The topological polar surface area (TPSA) is 72.6 Å². The zero-order chi connectivity index (χ0) is 13.8. The van der Waals surface area contributed by atoms with Crippen LogP contribution in [-0.2, 0) is 11.2 Å². The molecule has 5 heteroatoms. The second-order valence-corrected chi connectivity index (χ2v) is 4.31. The van der Waals surface area contributed by atoms with Crippen LogP contribution in [0.3, 0.4) is 0 Å². The minimum Gasteiger partial charge on any atom is -0.482 e. The fourth-order valence-electron chi connectivity index (χ4n) is 1.75. The number of nitrogens with zero attached hydrogens (tertiary/aromatic N) is 1. The van der Waals surface area contributed by atoms with Gasteiger partial charge in [-0.15, -0.1) is 0 Å². The van der Waals surface area contributed by atoms with Crippen LogP contribution in [0.2, 0.25) is 0 Å². The Morgan fingerprint density at radius 3 is 2.84 bits per heavy atom. The number of carbonyl (C=O) groups is 1. The molecule has 1 unspecified atom stereocenters. The Morgan fingerprint density at radius 1 is 1.47 bits per heavy atom. The first-order chi connectivity index (χ1) is 9.06. The number of para-hydroxylation sites is 1. The Bertz CT molecular complexity index is 576. The van der Waals surface area contributed by atoms with Gasteiger partial charge in [0.05, 0.1) is 12.1 Å². The highest BCUT2D eigenvalue weighted by atomic mass is 16.5. The highest BCUT2D eigenvalue weighted by Crippen LogP contribution is 2.25. The van der Waals surface area contributed by atoms with E-state index in [0.29, 0.717) is 17.1 Å². The number of ether oxygens (including phenoxy) is 1. The molecule has 19 heavy (non-hydrogen) atoms. The molecule has 0 aliphatic heterocycles. The van der Waals surface area contributed by atoms with Crippen molar-refractivity contribution in [1.82, 2.24) is 5.16 Å². The Balaban J connectivity index is 2.16. The molecule has 0 radical (unpaired) electrons. The van der Waals surface area contributed by atoms with Gasteiger partial charge in [0.15, 0.2) is 11.9 Å². The van der Waals surface area contributed by atoms with Crippen LogP contribution in [0, 0.1) is 6.92 Å². The number of carboxylic acid groups (broad SMARTS) is 1. The van der Waals surface area contributed by atoms with Crippen LogP contribution >= 0.6 is 0 Å². The number of hydrogen-bond donors (Lipinski definition) is 1. The van der Waals surface area contributed by atoms with Crippen molar-refractivity contribution in [2.45, 2.75) is 26.4 Å². The average Bonchev–Trinajstić information content (AvgIpc) is 2.78. The lowest BCUT2D eigenvalue weighted by molar-refractivity contribution is -0.136. The van der Waals surface area contributed by atoms with Gasteiger partial charge >= 0.3 is 5.97 Å². The van der Waals surface area contributed by atoms with Crippen LogP contribution < -0.4 is 4.74 Å². The summed E-state index contributed by atoms with van der Waals surface area (Å²) in [5, 5.41) is 12.7. The fourth-order valence-corrected chi connectivity index (χ4v) is 1.75. The third kappa shape index (κ3) is 3.34. The van der Waals surface area contributed by atoms with E-state index >= 15 is 0 Å². The maximum absolute atomic E-state index is 10.8. The number of aromatic nitrogens is 1. The summed E-state index contributed by atoms with van der Waals surface area (Å²) in [5.74, 6) is 0.272. The van der Waals surface area contributed by atoms with Crippen molar-refractivity contribution in [1.29, 1.82) is 0 Å². The van der Waals surface area contributed by atoms with Gasteiger partial charge < -0.3 is 14.4 Å². The average molecular weight is 261 g/mol. The van der Waals surface area contributed by atoms with Gasteiger partial charge in [0.25, 0.3) is 0 Å². The number of aliphatic carboxylic acids is 1. The van der Waals surface area contributed by atoms with Crippen LogP contribution in [0.5, 0.6) is 5.75 Å². The van der Waals surface area contributed by atoms with Crippen molar-refractivity contribution < 1.29 is 19.2 Å². The highest BCUT2D eigenvalue weighted by Gasteiger charge is 2.15. The Labute approximate surface area is 110 Å². The maximum Gasteiger partial charge on any atom is 0.307 e. The molecule has 0 saturated heterocycles. The van der Waals surface area contributed by atoms with Gasteiger partial charge in [-0.2, -0.15) is 0 Å². The fraction of sp³-hybridized carbons (Fsp3) is 0.286. The number of benzene rings is 1. The van der Waals surface area contributed by atoms with Gasteiger partial charge in [-0.05, 0) is 19.9 Å². The third-order valence-corrected chi connectivity index (χ3v) is 2.66. The lowest BCUT2D eigenvalue weighted by Gasteiger charge is -2.14. The molecule has 0 bridgehead atoms. The zero-order valence-electron chi connectivity index (χ0n) is 10.8. The first kappa shape index (κ1) is 13.1. The third-order valence-electron chi connectivity index (χ3n) is 2.66.